The molecular weight excluding hydrogens is 310 g/mol. The van der Waals surface area contributed by atoms with Gasteiger partial charge in [0.2, 0.25) is 10.0 Å². The maximum atomic E-state index is 13.4. The van der Waals surface area contributed by atoms with Gasteiger partial charge in [0.05, 0.1) is 10.9 Å². The molecule has 0 N–H and O–H groups in total. The van der Waals surface area contributed by atoms with E-state index in [1.165, 1.54) is 4.31 Å². The Hall–Kier alpha value is -1.73. The first-order chi connectivity index (χ1) is 10.4. The van der Waals surface area contributed by atoms with Crippen LogP contribution in [0.1, 0.15) is 24.6 Å². The number of aromatic nitrogens is 1. The Balaban J connectivity index is 2.02. The SMILES string of the molecule is Cn1cccc1C1CCCN1S(=O)(=O)c1cc(F)cc(F)c1. The number of hydrogen-bond donors (Lipinski definition) is 0. The topological polar surface area (TPSA) is 42.3 Å². The van der Waals surface area contributed by atoms with Crippen molar-refractivity contribution in [2.45, 2.75) is 23.8 Å². The predicted octanol–water partition coefficient (Wildman–Crippen LogP) is 2.83. The predicted molar refractivity (Wildman–Crippen MR) is 77.6 cm³/mol. The molecule has 1 aromatic heterocycles. The fraction of sp³-hybridized carbons (Fsp3) is 0.333. The average Bonchev–Trinajstić information content (AvgIpc) is 3.05. The molecule has 118 valence electrons. The van der Waals surface area contributed by atoms with Crippen LogP contribution < -0.4 is 0 Å². The molecule has 1 aliphatic rings. The van der Waals surface area contributed by atoms with Gasteiger partial charge in [0.25, 0.3) is 0 Å². The fourth-order valence-electron chi connectivity index (χ4n) is 2.96. The zero-order chi connectivity index (χ0) is 15.9. The van der Waals surface area contributed by atoms with E-state index < -0.39 is 21.7 Å². The van der Waals surface area contributed by atoms with Gasteiger partial charge < -0.3 is 4.57 Å². The van der Waals surface area contributed by atoms with E-state index in [1.807, 2.05) is 29.9 Å². The standard InChI is InChI=1S/C15H16F2N2O2S/c1-18-6-2-4-14(18)15-5-3-7-19(15)22(20,21)13-9-11(16)8-12(17)10-13/h2,4,6,8-10,15H,3,5,7H2,1H3. The third-order valence-corrected chi connectivity index (χ3v) is 5.86. The summed E-state index contributed by atoms with van der Waals surface area (Å²) in [6.07, 6.45) is 3.25. The molecule has 2 aromatic rings. The Labute approximate surface area is 128 Å². The molecule has 1 aromatic carbocycles. The minimum Gasteiger partial charge on any atom is -0.353 e. The van der Waals surface area contributed by atoms with Crippen LogP contribution in [0, 0.1) is 11.6 Å². The van der Waals surface area contributed by atoms with Gasteiger partial charge in [-0.15, -0.1) is 0 Å². The Kier molecular flexibility index (Phi) is 3.78. The molecule has 0 radical (unpaired) electrons. The number of aryl methyl sites for hydroxylation is 1. The molecule has 1 fully saturated rings. The second kappa shape index (κ2) is 5.48. The van der Waals surface area contributed by atoms with Crippen molar-refractivity contribution in [3.63, 3.8) is 0 Å². The molecular formula is C15H16F2N2O2S. The van der Waals surface area contributed by atoms with Crippen LogP contribution in [0.4, 0.5) is 8.78 Å². The summed E-state index contributed by atoms with van der Waals surface area (Å²) in [6, 6.07) is 5.79. The maximum absolute atomic E-state index is 13.4. The summed E-state index contributed by atoms with van der Waals surface area (Å²) in [4.78, 5) is -0.342. The number of sulfonamides is 1. The summed E-state index contributed by atoms with van der Waals surface area (Å²) < 4.78 is 55.4. The van der Waals surface area contributed by atoms with E-state index in [1.54, 1.807) is 0 Å². The first-order valence-corrected chi connectivity index (χ1v) is 8.43. The van der Waals surface area contributed by atoms with Crippen molar-refractivity contribution >= 4 is 10.0 Å². The highest BCUT2D eigenvalue weighted by Gasteiger charge is 2.37. The van der Waals surface area contributed by atoms with Gasteiger partial charge >= 0.3 is 0 Å². The van der Waals surface area contributed by atoms with Crippen LogP contribution in [0.15, 0.2) is 41.4 Å². The van der Waals surface area contributed by atoms with Gasteiger partial charge in [-0.2, -0.15) is 4.31 Å². The van der Waals surface area contributed by atoms with E-state index in [4.69, 9.17) is 0 Å². The lowest BCUT2D eigenvalue weighted by atomic mass is 10.1. The van der Waals surface area contributed by atoms with Gasteiger partial charge in [-0.3, -0.25) is 0 Å². The highest BCUT2D eigenvalue weighted by molar-refractivity contribution is 7.89. The molecule has 3 rings (SSSR count). The summed E-state index contributed by atoms with van der Waals surface area (Å²) in [5, 5.41) is 0. The van der Waals surface area contributed by atoms with Gasteiger partial charge in [0.15, 0.2) is 0 Å². The summed E-state index contributed by atoms with van der Waals surface area (Å²) >= 11 is 0. The van der Waals surface area contributed by atoms with Crippen LogP contribution >= 0.6 is 0 Å². The largest absolute Gasteiger partial charge is 0.353 e. The molecule has 1 unspecified atom stereocenters. The molecule has 2 heterocycles. The van der Waals surface area contributed by atoms with Gasteiger partial charge in [0.1, 0.15) is 11.6 Å². The first kappa shape index (κ1) is 15.2. The van der Waals surface area contributed by atoms with Gasteiger partial charge in [0, 0.05) is 31.5 Å². The molecule has 22 heavy (non-hydrogen) atoms. The van der Waals surface area contributed by atoms with Crippen molar-refractivity contribution in [2.75, 3.05) is 6.54 Å². The Morgan fingerprint density at radius 2 is 1.86 bits per heavy atom. The Morgan fingerprint density at radius 1 is 1.18 bits per heavy atom. The van der Waals surface area contributed by atoms with E-state index in [0.717, 1.165) is 17.8 Å². The van der Waals surface area contributed by atoms with Crippen LogP contribution in [0.25, 0.3) is 0 Å². The Morgan fingerprint density at radius 3 is 2.45 bits per heavy atom. The number of halogens is 2. The van der Waals surface area contributed by atoms with Crippen molar-refractivity contribution in [3.8, 4) is 0 Å². The average molecular weight is 326 g/mol. The molecule has 7 heteroatoms. The summed E-state index contributed by atoms with van der Waals surface area (Å²) in [5.41, 5.74) is 0.873. The normalized spacial score (nSPS) is 19.7. The van der Waals surface area contributed by atoms with Crippen molar-refractivity contribution in [1.82, 2.24) is 8.87 Å². The zero-order valence-corrected chi connectivity index (χ0v) is 12.9. The lowest BCUT2D eigenvalue weighted by Gasteiger charge is -2.24. The van der Waals surface area contributed by atoms with Crippen molar-refractivity contribution in [3.05, 3.63) is 53.9 Å². The van der Waals surface area contributed by atoms with Crippen molar-refractivity contribution in [2.24, 2.45) is 7.05 Å². The molecule has 1 saturated heterocycles. The summed E-state index contributed by atoms with van der Waals surface area (Å²) in [5.74, 6) is -1.79. The fourth-order valence-corrected chi connectivity index (χ4v) is 4.67. The monoisotopic (exact) mass is 326 g/mol. The molecule has 0 saturated carbocycles. The van der Waals surface area contributed by atoms with E-state index in [0.29, 0.717) is 25.5 Å². The van der Waals surface area contributed by atoms with E-state index in [2.05, 4.69) is 0 Å². The van der Waals surface area contributed by atoms with E-state index in [-0.39, 0.29) is 10.9 Å². The van der Waals surface area contributed by atoms with Gasteiger partial charge in [-0.25, -0.2) is 17.2 Å². The van der Waals surface area contributed by atoms with E-state index >= 15 is 0 Å². The number of benzene rings is 1. The zero-order valence-electron chi connectivity index (χ0n) is 12.0. The van der Waals surface area contributed by atoms with Gasteiger partial charge in [-0.1, -0.05) is 0 Å². The first-order valence-electron chi connectivity index (χ1n) is 6.99. The van der Waals surface area contributed by atoms with Crippen LogP contribution in [-0.2, 0) is 17.1 Å². The molecule has 0 amide bonds. The van der Waals surface area contributed by atoms with Crippen LogP contribution in [0.3, 0.4) is 0 Å². The highest BCUT2D eigenvalue weighted by atomic mass is 32.2. The highest BCUT2D eigenvalue weighted by Crippen LogP contribution is 2.36. The number of hydrogen-bond acceptors (Lipinski definition) is 2. The third kappa shape index (κ3) is 2.55. The summed E-state index contributed by atoms with van der Waals surface area (Å²) in [6.45, 7) is 0.344. The van der Waals surface area contributed by atoms with Crippen molar-refractivity contribution in [1.29, 1.82) is 0 Å². The smallest absolute Gasteiger partial charge is 0.243 e. The van der Waals surface area contributed by atoms with Crippen LogP contribution in [0.2, 0.25) is 0 Å². The molecule has 1 aliphatic heterocycles. The Bertz CT molecular complexity index is 781. The maximum Gasteiger partial charge on any atom is 0.243 e. The molecule has 1 atom stereocenters. The van der Waals surface area contributed by atoms with E-state index in [9.17, 15) is 17.2 Å². The lowest BCUT2D eigenvalue weighted by Crippen LogP contribution is -2.31. The molecule has 0 aliphatic carbocycles. The number of nitrogens with zero attached hydrogens (tertiary/aromatic N) is 2. The lowest BCUT2D eigenvalue weighted by molar-refractivity contribution is 0.383. The van der Waals surface area contributed by atoms with Crippen molar-refractivity contribution < 1.29 is 17.2 Å². The third-order valence-electron chi connectivity index (χ3n) is 3.97. The second-order valence-electron chi connectivity index (χ2n) is 5.42. The molecule has 0 spiro atoms. The quantitative estimate of drug-likeness (QED) is 0.870. The molecule has 0 bridgehead atoms. The summed E-state index contributed by atoms with van der Waals surface area (Å²) in [7, 11) is -2.09. The minimum atomic E-state index is -3.94. The van der Waals surface area contributed by atoms with Crippen LogP contribution in [-0.4, -0.2) is 23.8 Å². The number of rotatable bonds is 3. The second-order valence-corrected chi connectivity index (χ2v) is 7.31. The molecule has 4 nitrogen and oxygen atoms in total. The minimum absolute atomic E-state index is 0.309. The van der Waals surface area contributed by atoms with Gasteiger partial charge in [-0.05, 0) is 37.1 Å². The van der Waals surface area contributed by atoms with Crippen LogP contribution in [0.5, 0.6) is 0 Å².